The molecule has 0 spiro atoms. The highest BCUT2D eigenvalue weighted by Crippen LogP contribution is 2.53. The van der Waals surface area contributed by atoms with Crippen LogP contribution < -0.4 is 4.90 Å². The van der Waals surface area contributed by atoms with E-state index in [2.05, 4.69) is 124 Å². The van der Waals surface area contributed by atoms with Crippen molar-refractivity contribution in [3.63, 3.8) is 0 Å². The first-order valence-electron chi connectivity index (χ1n) is 13.3. The molecule has 5 aromatic rings. The molecule has 2 aliphatic rings. The normalized spacial score (nSPS) is 15.4. The van der Waals surface area contributed by atoms with E-state index in [1.807, 2.05) is 12.1 Å². The molecule has 0 saturated carbocycles. The van der Waals surface area contributed by atoms with Crippen molar-refractivity contribution in [2.75, 3.05) is 4.90 Å². The van der Waals surface area contributed by atoms with Gasteiger partial charge in [0.2, 0.25) is 0 Å². The number of fused-ring (bicyclic) bond motifs is 6. The van der Waals surface area contributed by atoms with Crippen molar-refractivity contribution in [2.24, 2.45) is 0 Å². The lowest BCUT2D eigenvalue weighted by atomic mass is 9.82. The molecule has 0 unspecified atom stereocenters. The number of phenols is 1. The van der Waals surface area contributed by atoms with Gasteiger partial charge in [-0.25, -0.2) is 0 Å². The minimum Gasteiger partial charge on any atom is -0.508 e. The van der Waals surface area contributed by atoms with E-state index in [0.29, 0.717) is 0 Å². The molecule has 0 aromatic heterocycles. The van der Waals surface area contributed by atoms with Crippen molar-refractivity contribution >= 4 is 17.1 Å². The number of benzene rings is 5. The number of nitrogens with zero attached hydrogens (tertiary/aromatic N) is 1. The molecule has 2 nitrogen and oxygen atoms in total. The molecule has 7 rings (SSSR count). The van der Waals surface area contributed by atoms with E-state index < -0.39 is 0 Å². The van der Waals surface area contributed by atoms with Crippen LogP contribution in [0, 0.1) is 0 Å². The molecule has 0 atom stereocenters. The maximum absolute atomic E-state index is 10.4. The molecule has 2 heteroatoms. The predicted molar refractivity (Wildman–Crippen MR) is 158 cm³/mol. The van der Waals surface area contributed by atoms with Crippen molar-refractivity contribution in [1.82, 2.24) is 0 Å². The third-order valence-corrected chi connectivity index (χ3v) is 8.74. The summed E-state index contributed by atoms with van der Waals surface area (Å²) >= 11 is 0. The Balaban J connectivity index is 1.43. The fourth-order valence-corrected chi connectivity index (χ4v) is 6.74. The first-order valence-corrected chi connectivity index (χ1v) is 13.3. The Morgan fingerprint density at radius 2 is 0.895 bits per heavy atom. The van der Waals surface area contributed by atoms with Gasteiger partial charge in [0.05, 0.1) is 0 Å². The van der Waals surface area contributed by atoms with Gasteiger partial charge in [-0.1, -0.05) is 94.4 Å². The molecule has 0 amide bonds. The summed E-state index contributed by atoms with van der Waals surface area (Å²) in [6, 6.07) is 38.7. The summed E-state index contributed by atoms with van der Waals surface area (Å²) in [5.41, 5.74) is 13.6. The summed E-state index contributed by atoms with van der Waals surface area (Å²) in [5.74, 6) is 0.260. The Kier molecular flexibility index (Phi) is 4.72. The standard InChI is InChI=1S/C36H31NO/c1-35(2)31-14-7-5-12-27(31)29-18-16-24(21-33(29)35)37(23-10-9-11-26(38)20-23)25-17-19-30-28-13-6-8-15-32(28)36(3,4)34(30)22-25/h5-22,38H,1-4H3. The topological polar surface area (TPSA) is 23.5 Å². The SMILES string of the molecule is CC1(C)c2ccccc2-c2ccc(N(c3cccc(O)c3)c3ccc4c(c3)C(C)(C)c3ccccc3-4)cc21. The molecule has 5 aromatic carbocycles. The van der Waals surface area contributed by atoms with E-state index in [4.69, 9.17) is 0 Å². The van der Waals surface area contributed by atoms with Gasteiger partial charge in [-0.3, -0.25) is 0 Å². The van der Waals surface area contributed by atoms with Crippen molar-refractivity contribution < 1.29 is 5.11 Å². The van der Waals surface area contributed by atoms with Crippen LogP contribution in [0.4, 0.5) is 17.1 Å². The van der Waals surface area contributed by atoms with Crippen LogP contribution in [0.3, 0.4) is 0 Å². The smallest absolute Gasteiger partial charge is 0.117 e. The van der Waals surface area contributed by atoms with Crippen LogP contribution in [0.1, 0.15) is 49.9 Å². The van der Waals surface area contributed by atoms with Gasteiger partial charge in [0.1, 0.15) is 5.75 Å². The summed E-state index contributed by atoms with van der Waals surface area (Å²) in [4.78, 5) is 2.28. The Hall–Kier alpha value is -4.30. The zero-order chi connectivity index (χ0) is 26.2. The monoisotopic (exact) mass is 493 g/mol. The van der Waals surface area contributed by atoms with Crippen LogP contribution in [0.2, 0.25) is 0 Å². The average Bonchev–Trinajstić information content (AvgIpc) is 3.29. The molecule has 0 radical (unpaired) electrons. The maximum atomic E-state index is 10.4. The lowest BCUT2D eigenvalue weighted by molar-refractivity contribution is 0.475. The van der Waals surface area contributed by atoms with E-state index in [0.717, 1.165) is 17.1 Å². The van der Waals surface area contributed by atoms with E-state index in [1.165, 1.54) is 44.5 Å². The minimum atomic E-state index is -0.0893. The highest BCUT2D eigenvalue weighted by Gasteiger charge is 2.37. The van der Waals surface area contributed by atoms with E-state index in [9.17, 15) is 5.11 Å². The molecule has 38 heavy (non-hydrogen) atoms. The Morgan fingerprint density at radius 1 is 0.447 bits per heavy atom. The summed E-state index contributed by atoms with van der Waals surface area (Å²) in [5, 5.41) is 10.4. The van der Waals surface area contributed by atoms with Crippen LogP contribution in [0.15, 0.2) is 109 Å². The van der Waals surface area contributed by atoms with Gasteiger partial charge >= 0.3 is 0 Å². The third-order valence-electron chi connectivity index (χ3n) is 8.74. The number of phenolic OH excluding ortho intramolecular Hbond substituents is 1. The number of anilines is 3. The van der Waals surface area contributed by atoms with Gasteiger partial charge in [-0.2, -0.15) is 0 Å². The highest BCUT2D eigenvalue weighted by molar-refractivity contribution is 5.88. The summed E-state index contributed by atoms with van der Waals surface area (Å²) in [6.45, 7) is 9.26. The average molecular weight is 494 g/mol. The van der Waals surface area contributed by atoms with Gasteiger partial charge in [0, 0.05) is 34.0 Å². The Labute approximate surface area is 224 Å². The molecule has 0 heterocycles. The molecular formula is C36H31NO. The van der Waals surface area contributed by atoms with Gasteiger partial charge in [0.15, 0.2) is 0 Å². The lowest BCUT2D eigenvalue weighted by Crippen LogP contribution is -2.18. The fraction of sp³-hybridized carbons (Fsp3) is 0.167. The van der Waals surface area contributed by atoms with Crippen LogP contribution in [0.5, 0.6) is 5.75 Å². The van der Waals surface area contributed by atoms with Gasteiger partial charge < -0.3 is 10.0 Å². The van der Waals surface area contributed by atoms with Gasteiger partial charge in [0.25, 0.3) is 0 Å². The second-order valence-electron chi connectivity index (χ2n) is 11.7. The molecule has 0 bridgehead atoms. The maximum Gasteiger partial charge on any atom is 0.117 e. The van der Waals surface area contributed by atoms with E-state index in [-0.39, 0.29) is 16.6 Å². The minimum absolute atomic E-state index is 0.0893. The van der Waals surface area contributed by atoms with Crippen LogP contribution >= 0.6 is 0 Å². The molecule has 0 saturated heterocycles. The van der Waals surface area contributed by atoms with E-state index >= 15 is 0 Å². The summed E-state index contributed by atoms with van der Waals surface area (Å²) in [6.07, 6.45) is 0. The first-order chi connectivity index (χ1) is 18.3. The van der Waals surface area contributed by atoms with Crippen molar-refractivity contribution in [2.45, 2.75) is 38.5 Å². The molecule has 2 aliphatic carbocycles. The molecule has 0 fully saturated rings. The second-order valence-corrected chi connectivity index (χ2v) is 11.7. The lowest BCUT2D eigenvalue weighted by Gasteiger charge is -2.29. The van der Waals surface area contributed by atoms with Crippen LogP contribution in [-0.4, -0.2) is 5.11 Å². The van der Waals surface area contributed by atoms with Crippen molar-refractivity contribution in [3.05, 3.63) is 131 Å². The number of hydrogen-bond donors (Lipinski definition) is 1. The molecule has 1 N–H and O–H groups in total. The summed E-state index contributed by atoms with van der Waals surface area (Å²) < 4.78 is 0. The summed E-state index contributed by atoms with van der Waals surface area (Å²) in [7, 11) is 0. The third kappa shape index (κ3) is 3.13. The Bertz CT molecular complexity index is 1640. The molecule has 0 aliphatic heterocycles. The van der Waals surface area contributed by atoms with E-state index in [1.54, 1.807) is 6.07 Å². The van der Waals surface area contributed by atoms with Crippen LogP contribution in [0.25, 0.3) is 22.3 Å². The van der Waals surface area contributed by atoms with Crippen LogP contribution in [-0.2, 0) is 10.8 Å². The second kappa shape index (κ2) is 7.85. The molecular weight excluding hydrogens is 462 g/mol. The zero-order valence-corrected chi connectivity index (χ0v) is 22.3. The van der Waals surface area contributed by atoms with Crippen molar-refractivity contribution in [3.8, 4) is 28.0 Å². The molecule has 186 valence electrons. The highest BCUT2D eigenvalue weighted by atomic mass is 16.3. The van der Waals surface area contributed by atoms with Gasteiger partial charge in [-0.05, 0) is 80.9 Å². The number of hydrogen-bond acceptors (Lipinski definition) is 2. The quantitative estimate of drug-likeness (QED) is 0.270. The van der Waals surface area contributed by atoms with Crippen molar-refractivity contribution in [1.29, 1.82) is 0 Å². The van der Waals surface area contributed by atoms with Gasteiger partial charge in [-0.15, -0.1) is 0 Å². The zero-order valence-electron chi connectivity index (χ0n) is 22.3. The number of aromatic hydroxyl groups is 1. The Morgan fingerprint density at radius 3 is 1.39 bits per heavy atom. The largest absolute Gasteiger partial charge is 0.508 e. The fourth-order valence-electron chi connectivity index (χ4n) is 6.74. The number of rotatable bonds is 3. The first kappa shape index (κ1) is 22.9. The predicted octanol–water partition coefficient (Wildman–Crippen LogP) is 9.47.